The monoisotopic (exact) mass is 431 g/mol. The highest BCUT2D eigenvalue weighted by Crippen LogP contribution is 2.26. The van der Waals surface area contributed by atoms with Crippen LogP contribution >= 0.6 is 11.6 Å². The number of hydrogen-bond acceptors (Lipinski definition) is 5. The van der Waals surface area contributed by atoms with Crippen molar-refractivity contribution in [1.29, 1.82) is 0 Å². The summed E-state index contributed by atoms with van der Waals surface area (Å²) in [7, 11) is 0. The van der Waals surface area contributed by atoms with Crippen LogP contribution in [0.25, 0.3) is 0 Å². The minimum atomic E-state index is -0.580. The molecule has 0 spiro atoms. The fourth-order valence-corrected chi connectivity index (χ4v) is 3.56. The molecule has 0 saturated heterocycles. The van der Waals surface area contributed by atoms with Crippen molar-refractivity contribution in [2.75, 3.05) is 11.9 Å². The Balaban J connectivity index is 1.61. The highest BCUT2D eigenvalue weighted by molar-refractivity contribution is 6.34. The van der Waals surface area contributed by atoms with E-state index in [0.717, 1.165) is 25.7 Å². The molecule has 1 saturated carbocycles. The average Bonchev–Trinajstić information content (AvgIpc) is 2.74. The molecule has 1 aliphatic carbocycles. The summed E-state index contributed by atoms with van der Waals surface area (Å²) in [6, 6.07) is 10.6. The number of nitro groups is 1. The average molecular weight is 432 g/mol. The number of ether oxygens (including phenoxy) is 1. The van der Waals surface area contributed by atoms with Crippen LogP contribution in [0.4, 0.5) is 11.4 Å². The normalized spacial score (nSPS) is 14.0. The number of rotatable bonds is 7. The van der Waals surface area contributed by atoms with Crippen LogP contribution in [0.5, 0.6) is 5.75 Å². The number of carbonyl (C=O) groups excluding carboxylic acids is 2. The van der Waals surface area contributed by atoms with Gasteiger partial charge in [-0.05, 0) is 37.1 Å². The van der Waals surface area contributed by atoms with E-state index in [0.29, 0.717) is 5.69 Å². The van der Waals surface area contributed by atoms with Gasteiger partial charge in [0.05, 0.1) is 15.5 Å². The highest BCUT2D eigenvalue weighted by Gasteiger charge is 2.19. The predicted octanol–water partition coefficient (Wildman–Crippen LogP) is 4.33. The van der Waals surface area contributed by atoms with Gasteiger partial charge in [-0.2, -0.15) is 0 Å². The van der Waals surface area contributed by atoms with Gasteiger partial charge in [-0.25, -0.2) is 0 Å². The lowest BCUT2D eigenvalue weighted by Crippen LogP contribution is -2.36. The molecule has 0 aromatic heterocycles. The van der Waals surface area contributed by atoms with Crippen molar-refractivity contribution in [1.82, 2.24) is 5.32 Å². The Labute approximate surface area is 178 Å². The largest absolute Gasteiger partial charge is 0.477 e. The van der Waals surface area contributed by atoms with E-state index in [-0.39, 0.29) is 34.0 Å². The van der Waals surface area contributed by atoms with E-state index in [1.165, 1.54) is 36.8 Å². The fraction of sp³-hybridized carbons (Fsp3) is 0.333. The molecule has 3 rings (SSSR count). The van der Waals surface area contributed by atoms with E-state index in [2.05, 4.69) is 10.6 Å². The standard InChI is InChI=1S/C21H22ClN3O5/c22-17-11-10-15(12-16(17)21(27)24-14-6-2-1-3-7-14)23-20(26)13-30-19-9-5-4-8-18(19)25(28)29/h4-5,8-12,14H,1-3,6-7,13H2,(H,23,26)(H,24,27). The van der Waals surface area contributed by atoms with Crippen molar-refractivity contribution >= 4 is 34.8 Å². The van der Waals surface area contributed by atoms with Gasteiger partial charge in [0.2, 0.25) is 0 Å². The number of carbonyl (C=O) groups is 2. The van der Waals surface area contributed by atoms with Crippen molar-refractivity contribution in [3.8, 4) is 5.75 Å². The Morgan fingerprint density at radius 3 is 2.60 bits per heavy atom. The Morgan fingerprint density at radius 2 is 1.87 bits per heavy atom. The maximum atomic E-state index is 12.6. The maximum absolute atomic E-state index is 12.6. The van der Waals surface area contributed by atoms with E-state index < -0.39 is 17.4 Å². The SMILES string of the molecule is O=C(COc1ccccc1[N+](=O)[O-])Nc1ccc(Cl)c(C(=O)NC2CCCCC2)c1. The molecule has 158 valence electrons. The Hall–Kier alpha value is -3.13. The van der Waals surface area contributed by atoms with Gasteiger partial charge in [0.25, 0.3) is 11.8 Å². The van der Waals surface area contributed by atoms with Gasteiger partial charge in [0, 0.05) is 17.8 Å². The molecule has 2 amide bonds. The first-order valence-corrected chi connectivity index (χ1v) is 10.1. The Kier molecular flexibility index (Phi) is 7.24. The molecule has 0 unspecified atom stereocenters. The number of nitrogens with zero attached hydrogens (tertiary/aromatic N) is 1. The van der Waals surface area contributed by atoms with Gasteiger partial charge >= 0.3 is 5.69 Å². The second kappa shape index (κ2) is 10.1. The minimum absolute atomic E-state index is 0.00121. The topological polar surface area (TPSA) is 111 Å². The van der Waals surface area contributed by atoms with Gasteiger partial charge in [0.1, 0.15) is 0 Å². The summed E-state index contributed by atoms with van der Waals surface area (Å²) in [5.41, 5.74) is 0.433. The van der Waals surface area contributed by atoms with Crippen molar-refractivity contribution in [2.45, 2.75) is 38.1 Å². The van der Waals surface area contributed by atoms with Crippen molar-refractivity contribution in [3.63, 3.8) is 0 Å². The molecule has 0 bridgehead atoms. The second-order valence-electron chi connectivity index (χ2n) is 7.06. The van der Waals surface area contributed by atoms with Crippen LogP contribution < -0.4 is 15.4 Å². The van der Waals surface area contributed by atoms with Crippen LogP contribution in [0.2, 0.25) is 5.02 Å². The van der Waals surface area contributed by atoms with E-state index >= 15 is 0 Å². The number of hydrogen-bond donors (Lipinski definition) is 2. The first kappa shape index (κ1) is 21.6. The molecule has 2 N–H and O–H groups in total. The van der Waals surface area contributed by atoms with Gasteiger partial charge < -0.3 is 15.4 Å². The lowest BCUT2D eigenvalue weighted by Gasteiger charge is -2.23. The number of para-hydroxylation sites is 2. The molecule has 0 aliphatic heterocycles. The molecule has 30 heavy (non-hydrogen) atoms. The molecule has 2 aromatic rings. The zero-order valence-corrected chi connectivity index (χ0v) is 17.0. The van der Waals surface area contributed by atoms with Gasteiger partial charge in [-0.15, -0.1) is 0 Å². The summed E-state index contributed by atoms with van der Waals surface area (Å²) in [6.45, 7) is -0.420. The summed E-state index contributed by atoms with van der Waals surface area (Å²) in [5.74, 6) is -0.797. The number of benzene rings is 2. The van der Waals surface area contributed by atoms with Crippen molar-refractivity contribution in [3.05, 3.63) is 63.2 Å². The third-order valence-electron chi connectivity index (χ3n) is 4.86. The summed E-state index contributed by atoms with van der Waals surface area (Å²) in [5, 5.41) is 16.9. The maximum Gasteiger partial charge on any atom is 0.310 e. The van der Waals surface area contributed by atoms with Crippen LogP contribution in [0.1, 0.15) is 42.5 Å². The molecule has 1 fully saturated rings. The van der Waals surface area contributed by atoms with Crippen LogP contribution in [-0.4, -0.2) is 29.4 Å². The molecular formula is C21H22ClN3O5. The van der Waals surface area contributed by atoms with Crippen LogP contribution in [0.3, 0.4) is 0 Å². The zero-order chi connectivity index (χ0) is 21.5. The summed E-state index contributed by atoms with van der Waals surface area (Å²) < 4.78 is 5.28. The number of anilines is 1. The summed E-state index contributed by atoms with van der Waals surface area (Å²) in [6.07, 6.45) is 5.26. The highest BCUT2D eigenvalue weighted by atomic mass is 35.5. The van der Waals surface area contributed by atoms with Gasteiger partial charge in [0.15, 0.2) is 12.4 Å². The smallest absolute Gasteiger partial charge is 0.310 e. The van der Waals surface area contributed by atoms with Crippen LogP contribution in [0, 0.1) is 10.1 Å². The Bertz CT molecular complexity index is 944. The van der Waals surface area contributed by atoms with Gasteiger partial charge in [-0.3, -0.25) is 19.7 Å². The van der Waals surface area contributed by atoms with E-state index in [4.69, 9.17) is 16.3 Å². The van der Waals surface area contributed by atoms with Crippen LogP contribution in [0.15, 0.2) is 42.5 Å². The van der Waals surface area contributed by atoms with Crippen LogP contribution in [-0.2, 0) is 4.79 Å². The molecule has 2 aromatic carbocycles. The Morgan fingerprint density at radius 1 is 1.13 bits per heavy atom. The quantitative estimate of drug-likeness (QED) is 0.500. The molecule has 8 nitrogen and oxygen atoms in total. The fourth-order valence-electron chi connectivity index (χ4n) is 3.36. The summed E-state index contributed by atoms with van der Waals surface area (Å²) in [4.78, 5) is 35.2. The first-order valence-electron chi connectivity index (χ1n) is 9.70. The van der Waals surface area contributed by atoms with Crippen molar-refractivity contribution in [2.24, 2.45) is 0 Å². The minimum Gasteiger partial charge on any atom is -0.477 e. The zero-order valence-electron chi connectivity index (χ0n) is 16.2. The lowest BCUT2D eigenvalue weighted by atomic mass is 9.95. The number of nitro benzene ring substituents is 1. The molecule has 9 heteroatoms. The predicted molar refractivity (Wildman–Crippen MR) is 113 cm³/mol. The lowest BCUT2D eigenvalue weighted by molar-refractivity contribution is -0.385. The van der Waals surface area contributed by atoms with E-state index in [1.54, 1.807) is 12.1 Å². The van der Waals surface area contributed by atoms with Gasteiger partial charge in [-0.1, -0.05) is 43.0 Å². The number of nitrogens with one attached hydrogen (secondary N) is 2. The van der Waals surface area contributed by atoms with E-state index in [9.17, 15) is 19.7 Å². The van der Waals surface area contributed by atoms with E-state index in [1.807, 2.05) is 0 Å². The molecule has 0 heterocycles. The second-order valence-corrected chi connectivity index (χ2v) is 7.47. The molecule has 0 radical (unpaired) electrons. The summed E-state index contributed by atoms with van der Waals surface area (Å²) >= 11 is 6.17. The number of halogens is 1. The molecular weight excluding hydrogens is 410 g/mol. The third-order valence-corrected chi connectivity index (χ3v) is 5.19. The van der Waals surface area contributed by atoms with Crippen molar-refractivity contribution < 1.29 is 19.2 Å². The number of amides is 2. The molecule has 0 atom stereocenters. The molecule has 1 aliphatic rings. The first-order chi connectivity index (χ1) is 14.4. The third kappa shape index (κ3) is 5.70.